The third-order valence-corrected chi connectivity index (χ3v) is 15.0. The standard InChI is InChI=1S/C71H128O5/c1-3-5-7-9-11-13-15-17-19-21-23-25-27-29-31-33-35-37-39-41-43-45-47-49-51-53-55-57-59-61-63-65-70(73)75-68-69(67-72)76-71(74)66-64-62-60-58-56-54-52-50-48-46-44-42-40-38-36-34-32-30-28-26-24-22-20-18-16-14-12-10-8-6-4-2/h6,8,12,14,18,20-21,23-24,26,30,32,69,72H,3-5,7,9-11,13,15-17,19,22,25,27-29,31,33-68H2,1-2H3/b8-6-,14-12-,20-18-,23-21-,26-24-,32-30-. The number of carbonyl (C=O) groups is 2. The predicted octanol–water partition coefficient (Wildman–Crippen LogP) is 23.1. The van der Waals surface area contributed by atoms with Crippen molar-refractivity contribution in [2.45, 2.75) is 354 Å². The number of aliphatic hydroxyl groups excluding tert-OH is 1. The van der Waals surface area contributed by atoms with Gasteiger partial charge in [-0.1, -0.05) is 324 Å². The van der Waals surface area contributed by atoms with Gasteiger partial charge in [-0.3, -0.25) is 9.59 Å². The molecular weight excluding hydrogens is 933 g/mol. The Balaban J connectivity index is 3.43. The van der Waals surface area contributed by atoms with Gasteiger partial charge >= 0.3 is 11.9 Å². The number of esters is 2. The summed E-state index contributed by atoms with van der Waals surface area (Å²) >= 11 is 0. The average molecular weight is 1060 g/mol. The van der Waals surface area contributed by atoms with E-state index in [-0.39, 0.29) is 25.2 Å². The summed E-state index contributed by atoms with van der Waals surface area (Å²) < 4.78 is 10.8. The van der Waals surface area contributed by atoms with Crippen molar-refractivity contribution >= 4 is 11.9 Å². The van der Waals surface area contributed by atoms with Crippen molar-refractivity contribution < 1.29 is 24.2 Å². The van der Waals surface area contributed by atoms with E-state index in [2.05, 4.69) is 86.8 Å². The molecule has 0 heterocycles. The van der Waals surface area contributed by atoms with Gasteiger partial charge in [-0.05, 0) is 83.5 Å². The van der Waals surface area contributed by atoms with Gasteiger partial charge < -0.3 is 14.6 Å². The molecule has 0 saturated heterocycles. The highest BCUT2D eigenvalue weighted by molar-refractivity contribution is 5.70. The Morgan fingerprint density at radius 2 is 0.566 bits per heavy atom. The van der Waals surface area contributed by atoms with Gasteiger partial charge in [-0.25, -0.2) is 0 Å². The summed E-state index contributed by atoms with van der Waals surface area (Å²) in [6.45, 7) is 4.07. The van der Waals surface area contributed by atoms with Gasteiger partial charge in [0.1, 0.15) is 6.61 Å². The highest BCUT2D eigenvalue weighted by Crippen LogP contribution is 2.18. The van der Waals surface area contributed by atoms with E-state index in [9.17, 15) is 14.7 Å². The van der Waals surface area contributed by atoms with Crippen molar-refractivity contribution in [2.24, 2.45) is 0 Å². The average Bonchev–Trinajstić information content (AvgIpc) is 3.42. The molecule has 0 aliphatic heterocycles. The van der Waals surface area contributed by atoms with Crippen LogP contribution in [0.1, 0.15) is 348 Å². The van der Waals surface area contributed by atoms with Crippen LogP contribution in [-0.2, 0) is 19.1 Å². The molecule has 5 heteroatoms. The van der Waals surface area contributed by atoms with E-state index in [0.717, 1.165) is 70.6 Å². The number of hydrogen-bond donors (Lipinski definition) is 1. The number of ether oxygens (including phenoxy) is 2. The molecule has 0 spiro atoms. The fraction of sp³-hybridized carbons (Fsp3) is 0.803. The van der Waals surface area contributed by atoms with Gasteiger partial charge in [-0.2, -0.15) is 0 Å². The quantitative estimate of drug-likeness (QED) is 0.0373. The van der Waals surface area contributed by atoms with E-state index in [1.54, 1.807) is 0 Å². The zero-order chi connectivity index (χ0) is 54.8. The molecule has 1 N–H and O–H groups in total. The highest BCUT2D eigenvalue weighted by atomic mass is 16.6. The molecule has 0 aliphatic rings. The van der Waals surface area contributed by atoms with Crippen molar-refractivity contribution in [3.8, 4) is 0 Å². The summed E-state index contributed by atoms with van der Waals surface area (Å²) in [5.74, 6) is -0.575. The lowest BCUT2D eigenvalue weighted by Gasteiger charge is -2.15. The minimum absolute atomic E-state index is 0.0634. The minimum atomic E-state index is -0.774. The summed E-state index contributed by atoms with van der Waals surface area (Å²) in [5.41, 5.74) is 0. The molecule has 76 heavy (non-hydrogen) atoms. The maximum Gasteiger partial charge on any atom is 0.306 e. The molecule has 0 rings (SSSR count). The molecule has 0 aromatic heterocycles. The van der Waals surface area contributed by atoms with E-state index in [1.807, 2.05) is 0 Å². The van der Waals surface area contributed by atoms with E-state index >= 15 is 0 Å². The molecule has 5 nitrogen and oxygen atoms in total. The monoisotopic (exact) mass is 1060 g/mol. The van der Waals surface area contributed by atoms with Crippen molar-refractivity contribution in [3.63, 3.8) is 0 Å². The Bertz CT molecular complexity index is 1340. The summed E-state index contributed by atoms with van der Waals surface area (Å²) in [6, 6.07) is 0. The first-order valence-electron chi connectivity index (χ1n) is 33.5. The second-order valence-corrected chi connectivity index (χ2v) is 22.5. The first kappa shape index (κ1) is 73.3. The molecule has 0 amide bonds. The van der Waals surface area contributed by atoms with Crippen LogP contribution in [-0.4, -0.2) is 36.4 Å². The molecule has 0 saturated carbocycles. The lowest BCUT2D eigenvalue weighted by atomic mass is 10.0. The fourth-order valence-electron chi connectivity index (χ4n) is 9.99. The normalized spacial score (nSPS) is 12.6. The Morgan fingerprint density at radius 3 is 0.868 bits per heavy atom. The van der Waals surface area contributed by atoms with E-state index in [4.69, 9.17) is 9.47 Å². The van der Waals surface area contributed by atoms with E-state index < -0.39 is 6.10 Å². The number of rotatable bonds is 62. The first-order valence-corrected chi connectivity index (χ1v) is 33.5. The molecule has 0 fully saturated rings. The number of unbranched alkanes of at least 4 members (excludes halogenated alkanes) is 42. The zero-order valence-corrected chi connectivity index (χ0v) is 50.8. The zero-order valence-electron chi connectivity index (χ0n) is 50.8. The number of aliphatic hydroxyl groups is 1. The number of carbonyl (C=O) groups excluding carboxylic acids is 2. The van der Waals surface area contributed by atoms with Crippen LogP contribution in [0.15, 0.2) is 72.9 Å². The lowest BCUT2D eigenvalue weighted by molar-refractivity contribution is -0.161. The van der Waals surface area contributed by atoms with Crippen LogP contribution in [0, 0.1) is 0 Å². The van der Waals surface area contributed by atoms with Crippen molar-refractivity contribution in [1.29, 1.82) is 0 Å². The first-order chi connectivity index (χ1) is 37.6. The largest absolute Gasteiger partial charge is 0.462 e. The minimum Gasteiger partial charge on any atom is -0.462 e. The van der Waals surface area contributed by atoms with Crippen LogP contribution < -0.4 is 0 Å². The maximum absolute atomic E-state index is 12.4. The Hall–Kier alpha value is -2.66. The lowest BCUT2D eigenvalue weighted by Crippen LogP contribution is -2.28. The van der Waals surface area contributed by atoms with Crippen molar-refractivity contribution in [3.05, 3.63) is 72.9 Å². The summed E-state index contributed by atoms with van der Waals surface area (Å²) in [4.78, 5) is 24.6. The van der Waals surface area contributed by atoms with Crippen LogP contribution >= 0.6 is 0 Å². The van der Waals surface area contributed by atoms with Crippen LogP contribution in [0.4, 0.5) is 0 Å². The van der Waals surface area contributed by atoms with Gasteiger partial charge in [-0.15, -0.1) is 0 Å². The fourth-order valence-corrected chi connectivity index (χ4v) is 9.99. The SMILES string of the molecule is CC/C=C\C/C=C\C/C=C\C/C=C\C/C=C\CCCCCCCCCCCCCCCCCC(=O)OC(CO)COC(=O)CCCCCCCCCCCCCCCCCCCCC/C=C\CCCCCCCCCC. The van der Waals surface area contributed by atoms with Gasteiger partial charge in [0.15, 0.2) is 6.10 Å². The molecule has 442 valence electrons. The highest BCUT2D eigenvalue weighted by Gasteiger charge is 2.16. The van der Waals surface area contributed by atoms with Gasteiger partial charge in [0, 0.05) is 12.8 Å². The molecular formula is C71H128O5. The summed E-state index contributed by atoms with van der Waals surface area (Å²) in [5, 5.41) is 9.69. The number of hydrogen-bond acceptors (Lipinski definition) is 5. The predicted molar refractivity (Wildman–Crippen MR) is 334 cm³/mol. The summed E-state index contributed by atoms with van der Waals surface area (Å²) in [6.07, 6.45) is 92.1. The molecule has 0 aliphatic carbocycles. The van der Waals surface area contributed by atoms with Crippen molar-refractivity contribution in [2.75, 3.05) is 13.2 Å². The second-order valence-electron chi connectivity index (χ2n) is 22.5. The van der Waals surface area contributed by atoms with Crippen LogP contribution in [0.5, 0.6) is 0 Å². The van der Waals surface area contributed by atoms with Crippen LogP contribution in [0.2, 0.25) is 0 Å². The third-order valence-electron chi connectivity index (χ3n) is 15.0. The van der Waals surface area contributed by atoms with E-state index in [0.29, 0.717) is 12.8 Å². The van der Waals surface area contributed by atoms with Gasteiger partial charge in [0.05, 0.1) is 6.61 Å². The second kappa shape index (κ2) is 66.6. The smallest absolute Gasteiger partial charge is 0.306 e. The Kier molecular flexibility index (Phi) is 64.3. The van der Waals surface area contributed by atoms with E-state index in [1.165, 1.54) is 250 Å². The molecule has 0 bridgehead atoms. The molecule has 1 unspecified atom stereocenters. The van der Waals surface area contributed by atoms with Crippen LogP contribution in [0.25, 0.3) is 0 Å². The number of allylic oxidation sites excluding steroid dienone is 12. The maximum atomic E-state index is 12.4. The molecule has 0 aromatic rings. The third kappa shape index (κ3) is 63.9. The van der Waals surface area contributed by atoms with Gasteiger partial charge in [0.2, 0.25) is 0 Å². The molecule has 0 aromatic carbocycles. The summed E-state index contributed by atoms with van der Waals surface area (Å²) in [7, 11) is 0. The molecule has 0 radical (unpaired) electrons. The Labute approximate surface area is 473 Å². The Morgan fingerprint density at radius 1 is 0.316 bits per heavy atom. The topological polar surface area (TPSA) is 72.8 Å². The molecule has 1 atom stereocenters. The van der Waals surface area contributed by atoms with Crippen LogP contribution in [0.3, 0.4) is 0 Å². The van der Waals surface area contributed by atoms with Crippen molar-refractivity contribution in [1.82, 2.24) is 0 Å². The van der Waals surface area contributed by atoms with Gasteiger partial charge in [0.25, 0.3) is 0 Å².